The number of rotatable bonds is 9. The Hall–Kier alpha value is -1.09. The first-order valence-electron chi connectivity index (χ1n) is 9.02. The van der Waals surface area contributed by atoms with Gasteiger partial charge in [-0.15, -0.1) is 0 Å². The number of halogens is 1. The van der Waals surface area contributed by atoms with E-state index in [2.05, 4.69) is 16.7 Å². The molecule has 1 saturated heterocycles. The number of anilines is 1. The molecular formula is C19H31FN2. The highest BCUT2D eigenvalue weighted by Gasteiger charge is 2.16. The van der Waals surface area contributed by atoms with Crippen LogP contribution in [-0.2, 0) is 0 Å². The summed E-state index contributed by atoms with van der Waals surface area (Å²) >= 11 is 0. The molecule has 0 bridgehead atoms. The van der Waals surface area contributed by atoms with Gasteiger partial charge in [-0.05, 0) is 37.2 Å². The van der Waals surface area contributed by atoms with Crippen LogP contribution in [0.4, 0.5) is 10.1 Å². The lowest BCUT2D eigenvalue weighted by molar-refractivity contribution is 0.252. The van der Waals surface area contributed by atoms with Gasteiger partial charge in [0.25, 0.3) is 0 Å². The van der Waals surface area contributed by atoms with Crippen LogP contribution in [0.25, 0.3) is 0 Å². The first kappa shape index (κ1) is 17.3. The van der Waals surface area contributed by atoms with Gasteiger partial charge in [-0.3, -0.25) is 4.90 Å². The van der Waals surface area contributed by atoms with E-state index in [0.717, 1.165) is 31.9 Å². The largest absolute Gasteiger partial charge is 0.369 e. The maximum atomic E-state index is 13.0. The Balaban J connectivity index is 1.56. The maximum absolute atomic E-state index is 13.0. The van der Waals surface area contributed by atoms with E-state index in [0.29, 0.717) is 0 Å². The van der Waals surface area contributed by atoms with Gasteiger partial charge in [-0.25, -0.2) is 4.39 Å². The second-order valence-corrected chi connectivity index (χ2v) is 6.43. The standard InChI is InChI=1S/C19H31FN2/c1-2-3-4-5-6-7-8-13-21-14-16-22(17-15-21)19-11-9-18(20)10-12-19/h9-12H,2-8,13-17H2,1H3. The van der Waals surface area contributed by atoms with Crippen LogP contribution in [0.1, 0.15) is 51.9 Å². The molecule has 1 fully saturated rings. The van der Waals surface area contributed by atoms with E-state index < -0.39 is 0 Å². The van der Waals surface area contributed by atoms with Gasteiger partial charge in [0.2, 0.25) is 0 Å². The molecular weight excluding hydrogens is 275 g/mol. The molecule has 0 unspecified atom stereocenters. The second kappa shape index (κ2) is 9.83. The van der Waals surface area contributed by atoms with Crippen molar-refractivity contribution in [1.29, 1.82) is 0 Å². The molecule has 0 radical (unpaired) electrons. The lowest BCUT2D eigenvalue weighted by Crippen LogP contribution is -2.46. The summed E-state index contributed by atoms with van der Waals surface area (Å²) in [6, 6.07) is 6.89. The summed E-state index contributed by atoms with van der Waals surface area (Å²) in [5.74, 6) is -0.152. The molecule has 1 heterocycles. The summed E-state index contributed by atoms with van der Waals surface area (Å²) in [6.45, 7) is 7.89. The quantitative estimate of drug-likeness (QED) is 0.610. The summed E-state index contributed by atoms with van der Waals surface area (Å²) in [4.78, 5) is 4.94. The molecule has 0 saturated carbocycles. The van der Waals surface area contributed by atoms with Crippen LogP contribution in [0.3, 0.4) is 0 Å². The number of piperazine rings is 1. The van der Waals surface area contributed by atoms with E-state index in [1.807, 2.05) is 12.1 Å². The molecule has 0 atom stereocenters. The van der Waals surface area contributed by atoms with E-state index in [4.69, 9.17) is 0 Å². The molecule has 3 heteroatoms. The molecule has 2 nitrogen and oxygen atoms in total. The molecule has 0 spiro atoms. The zero-order chi connectivity index (χ0) is 15.6. The monoisotopic (exact) mass is 306 g/mol. The van der Waals surface area contributed by atoms with Gasteiger partial charge in [-0.2, -0.15) is 0 Å². The minimum Gasteiger partial charge on any atom is -0.369 e. The van der Waals surface area contributed by atoms with E-state index in [1.165, 1.54) is 51.5 Å². The predicted molar refractivity (Wildman–Crippen MR) is 93.0 cm³/mol. The number of nitrogens with zero attached hydrogens (tertiary/aromatic N) is 2. The van der Waals surface area contributed by atoms with Crippen LogP contribution in [0.2, 0.25) is 0 Å². The Morgan fingerprint density at radius 1 is 0.818 bits per heavy atom. The molecule has 1 aliphatic rings. The lowest BCUT2D eigenvalue weighted by atomic mass is 10.1. The Morgan fingerprint density at radius 3 is 2.05 bits per heavy atom. The molecule has 22 heavy (non-hydrogen) atoms. The number of benzene rings is 1. The normalized spacial score (nSPS) is 16.2. The summed E-state index contributed by atoms with van der Waals surface area (Å²) in [5, 5.41) is 0. The summed E-state index contributed by atoms with van der Waals surface area (Å²) < 4.78 is 13.0. The van der Waals surface area contributed by atoms with Gasteiger partial charge in [-0.1, -0.05) is 45.4 Å². The van der Waals surface area contributed by atoms with E-state index in [1.54, 1.807) is 12.1 Å². The van der Waals surface area contributed by atoms with Crippen molar-refractivity contribution in [3.05, 3.63) is 30.1 Å². The first-order chi connectivity index (χ1) is 10.8. The zero-order valence-corrected chi connectivity index (χ0v) is 14.1. The van der Waals surface area contributed by atoms with Crippen LogP contribution < -0.4 is 4.90 Å². The fourth-order valence-corrected chi connectivity index (χ4v) is 3.17. The highest BCUT2D eigenvalue weighted by Crippen LogP contribution is 2.17. The minimum absolute atomic E-state index is 0.152. The third kappa shape index (κ3) is 5.96. The van der Waals surface area contributed by atoms with Crippen molar-refractivity contribution in [1.82, 2.24) is 4.90 Å². The summed E-state index contributed by atoms with van der Waals surface area (Å²) in [6.07, 6.45) is 9.66. The van der Waals surface area contributed by atoms with Gasteiger partial charge in [0.15, 0.2) is 0 Å². The topological polar surface area (TPSA) is 6.48 Å². The minimum atomic E-state index is -0.152. The summed E-state index contributed by atoms with van der Waals surface area (Å²) in [5.41, 5.74) is 1.15. The Bertz CT molecular complexity index is 396. The second-order valence-electron chi connectivity index (χ2n) is 6.43. The Labute approximate surface area is 135 Å². The highest BCUT2D eigenvalue weighted by molar-refractivity contribution is 5.46. The zero-order valence-electron chi connectivity index (χ0n) is 14.1. The molecule has 1 aliphatic heterocycles. The Kier molecular flexibility index (Phi) is 7.72. The van der Waals surface area contributed by atoms with E-state index in [-0.39, 0.29) is 5.82 Å². The SMILES string of the molecule is CCCCCCCCCN1CCN(c2ccc(F)cc2)CC1. The van der Waals surface area contributed by atoms with Crippen LogP contribution in [-0.4, -0.2) is 37.6 Å². The third-order valence-corrected chi connectivity index (χ3v) is 4.64. The van der Waals surface area contributed by atoms with E-state index >= 15 is 0 Å². The van der Waals surface area contributed by atoms with Crippen LogP contribution in [0.15, 0.2) is 24.3 Å². The third-order valence-electron chi connectivity index (χ3n) is 4.64. The van der Waals surface area contributed by atoms with Gasteiger partial charge in [0.05, 0.1) is 0 Å². The van der Waals surface area contributed by atoms with Crippen molar-refractivity contribution in [3.8, 4) is 0 Å². The van der Waals surface area contributed by atoms with Gasteiger partial charge in [0.1, 0.15) is 5.82 Å². The molecule has 124 valence electrons. The molecule has 0 aromatic heterocycles. The fourth-order valence-electron chi connectivity index (χ4n) is 3.17. The highest BCUT2D eigenvalue weighted by atomic mass is 19.1. The molecule has 0 aliphatic carbocycles. The maximum Gasteiger partial charge on any atom is 0.123 e. The van der Waals surface area contributed by atoms with Crippen molar-refractivity contribution >= 4 is 5.69 Å². The van der Waals surface area contributed by atoms with Gasteiger partial charge < -0.3 is 4.90 Å². The van der Waals surface area contributed by atoms with Crippen molar-refractivity contribution in [2.45, 2.75) is 51.9 Å². The molecule has 0 N–H and O–H groups in total. The average Bonchev–Trinajstić information content (AvgIpc) is 2.55. The smallest absolute Gasteiger partial charge is 0.123 e. The fraction of sp³-hybridized carbons (Fsp3) is 0.684. The van der Waals surface area contributed by atoms with Crippen molar-refractivity contribution in [2.24, 2.45) is 0 Å². The molecule has 0 amide bonds. The predicted octanol–water partition coefficient (Wildman–Crippen LogP) is 4.70. The van der Waals surface area contributed by atoms with Crippen LogP contribution >= 0.6 is 0 Å². The first-order valence-corrected chi connectivity index (χ1v) is 9.02. The Morgan fingerprint density at radius 2 is 1.41 bits per heavy atom. The van der Waals surface area contributed by atoms with Crippen molar-refractivity contribution < 1.29 is 4.39 Å². The number of unbranched alkanes of at least 4 members (excludes halogenated alkanes) is 6. The number of hydrogen-bond donors (Lipinski definition) is 0. The van der Waals surface area contributed by atoms with Crippen molar-refractivity contribution in [2.75, 3.05) is 37.6 Å². The average molecular weight is 306 g/mol. The van der Waals surface area contributed by atoms with Crippen LogP contribution in [0, 0.1) is 5.82 Å². The van der Waals surface area contributed by atoms with Gasteiger partial charge in [0, 0.05) is 31.9 Å². The lowest BCUT2D eigenvalue weighted by Gasteiger charge is -2.36. The molecule has 1 aromatic rings. The molecule has 2 rings (SSSR count). The summed E-state index contributed by atoms with van der Waals surface area (Å²) in [7, 11) is 0. The van der Waals surface area contributed by atoms with E-state index in [9.17, 15) is 4.39 Å². The van der Waals surface area contributed by atoms with Gasteiger partial charge >= 0.3 is 0 Å². The van der Waals surface area contributed by atoms with Crippen LogP contribution in [0.5, 0.6) is 0 Å². The molecule has 1 aromatic carbocycles. The number of hydrogen-bond acceptors (Lipinski definition) is 2. The van der Waals surface area contributed by atoms with Crippen molar-refractivity contribution in [3.63, 3.8) is 0 Å².